The molecule has 2 aromatic carbocycles. The Morgan fingerprint density at radius 2 is 1.73 bits per heavy atom. The van der Waals surface area contributed by atoms with Gasteiger partial charge in [-0.3, -0.25) is 0 Å². The number of ether oxygens (including phenoxy) is 2. The van der Waals surface area contributed by atoms with E-state index < -0.39 is 0 Å². The Kier molecular flexibility index (Phi) is 6.34. The summed E-state index contributed by atoms with van der Waals surface area (Å²) >= 11 is 0. The number of hydrogen-bond donors (Lipinski definition) is 1. The Labute approximate surface area is 154 Å². The largest absolute Gasteiger partial charge is 0.497 e. The minimum Gasteiger partial charge on any atom is -0.497 e. The highest BCUT2D eigenvalue weighted by molar-refractivity contribution is 5.40. The molecule has 3 rings (SSSR count). The van der Waals surface area contributed by atoms with Crippen LogP contribution in [-0.2, 0) is 6.54 Å². The van der Waals surface area contributed by atoms with Crippen LogP contribution in [0.2, 0.25) is 0 Å². The van der Waals surface area contributed by atoms with Crippen LogP contribution in [0.15, 0.2) is 71.3 Å². The van der Waals surface area contributed by atoms with Crippen molar-refractivity contribution in [3.8, 4) is 11.5 Å². The van der Waals surface area contributed by atoms with Crippen LogP contribution < -0.4 is 14.8 Å². The van der Waals surface area contributed by atoms with Gasteiger partial charge in [0.05, 0.1) is 20.5 Å². The number of benzene rings is 2. The fourth-order valence-corrected chi connectivity index (χ4v) is 3.12. The van der Waals surface area contributed by atoms with Crippen molar-refractivity contribution in [3.05, 3.63) is 83.8 Å². The smallest absolute Gasteiger partial charge is 0.122 e. The first-order chi connectivity index (χ1) is 12.8. The molecule has 0 radical (unpaired) electrons. The van der Waals surface area contributed by atoms with Crippen molar-refractivity contribution in [2.24, 2.45) is 0 Å². The molecule has 0 saturated carbocycles. The minimum atomic E-state index is 0.157. The molecule has 1 atom stereocenters. The summed E-state index contributed by atoms with van der Waals surface area (Å²) in [6.45, 7) is 1.69. The first-order valence-corrected chi connectivity index (χ1v) is 8.81. The van der Waals surface area contributed by atoms with E-state index in [0.29, 0.717) is 0 Å². The standard InChI is InChI=1S/C22H25NO3/c1-24-18-11-9-17(10-12-18)16-23-14-13-20(22-8-5-15-26-22)19-6-3-4-7-21(19)25-2/h3-12,15,20,23H,13-14,16H2,1-2H3/t20-/m1/s1. The summed E-state index contributed by atoms with van der Waals surface area (Å²) < 4.78 is 16.4. The summed E-state index contributed by atoms with van der Waals surface area (Å²) in [4.78, 5) is 0. The van der Waals surface area contributed by atoms with Gasteiger partial charge in [0.15, 0.2) is 0 Å². The second kappa shape index (κ2) is 9.11. The van der Waals surface area contributed by atoms with Crippen LogP contribution in [0.1, 0.15) is 29.2 Å². The predicted molar refractivity (Wildman–Crippen MR) is 103 cm³/mol. The van der Waals surface area contributed by atoms with Crippen molar-refractivity contribution in [1.82, 2.24) is 5.32 Å². The normalized spacial score (nSPS) is 11.9. The van der Waals surface area contributed by atoms with Crippen molar-refractivity contribution in [3.63, 3.8) is 0 Å². The molecule has 0 unspecified atom stereocenters. The van der Waals surface area contributed by atoms with Gasteiger partial charge in [0.1, 0.15) is 17.3 Å². The molecule has 0 fully saturated rings. The average molecular weight is 351 g/mol. The van der Waals surface area contributed by atoms with Gasteiger partial charge in [-0.25, -0.2) is 0 Å². The number of furan rings is 1. The molecule has 136 valence electrons. The Morgan fingerprint density at radius 3 is 2.42 bits per heavy atom. The lowest BCUT2D eigenvalue weighted by Gasteiger charge is -2.18. The third kappa shape index (κ3) is 4.46. The molecular formula is C22H25NO3. The lowest BCUT2D eigenvalue weighted by Crippen LogP contribution is -2.18. The third-order valence-electron chi connectivity index (χ3n) is 4.50. The highest BCUT2D eigenvalue weighted by atomic mass is 16.5. The molecule has 4 nitrogen and oxygen atoms in total. The zero-order valence-corrected chi connectivity index (χ0v) is 15.3. The van der Waals surface area contributed by atoms with Crippen LogP contribution in [0.3, 0.4) is 0 Å². The van der Waals surface area contributed by atoms with Gasteiger partial charge >= 0.3 is 0 Å². The molecule has 1 aromatic heterocycles. The fourth-order valence-electron chi connectivity index (χ4n) is 3.12. The predicted octanol–water partition coefficient (Wildman–Crippen LogP) is 4.61. The van der Waals surface area contributed by atoms with Crippen LogP contribution in [0.5, 0.6) is 11.5 Å². The van der Waals surface area contributed by atoms with Gasteiger partial charge in [-0.15, -0.1) is 0 Å². The number of para-hydroxylation sites is 1. The van der Waals surface area contributed by atoms with E-state index in [4.69, 9.17) is 13.9 Å². The van der Waals surface area contributed by atoms with Crippen LogP contribution in [-0.4, -0.2) is 20.8 Å². The highest BCUT2D eigenvalue weighted by Crippen LogP contribution is 2.34. The molecule has 4 heteroatoms. The van der Waals surface area contributed by atoms with Gasteiger partial charge in [0.25, 0.3) is 0 Å². The maximum Gasteiger partial charge on any atom is 0.122 e. The molecule has 0 aliphatic heterocycles. The summed E-state index contributed by atoms with van der Waals surface area (Å²) in [5.74, 6) is 2.89. The summed E-state index contributed by atoms with van der Waals surface area (Å²) in [6.07, 6.45) is 2.65. The molecule has 0 bridgehead atoms. The van der Waals surface area contributed by atoms with Crippen LogP contribution in [0, 0.1) is 0 Å². The maximum atomic E-state index is 5.69. The average Bonchev–Trinajstić information content (AvgIpc) is 3.23. The van der Waals surface area contributed by atoms with Gasteiger partial charge < -0.3 is 19.2 Å². The summed E-state index contributed by atoms with van der Waals surface area (Å²) in [5.41, 5.74) is 2.38. The van der Waals surface area contributed by atoms with E-state index in [2.05, 4.69) is 23.5 Å². The zero-order chi connectivity index (χ0) is 18.2. The van der Waals surface area contributed by atoms with E-state index in [1.807, 2.05) is 42.5 Å². The number of nitrogens with one attached hydrogen (secondary N) is 1. The highest BCUT2D eigenvalue weighted by Gasteiger charge is 2.20. The first-order valence-electron chi connectivity index (χ1n) is 8.81. The van der Waals surface area contributed by atoms with Crippen molar-refractivity contribution < 1.29 is 13.9 Å². The number of hydrogen-bond acceptors (Lipinski definition) is 4. The monoisotopic (exact) mass is 351 g/mol. The number of methoxy groups -OCH3 is 2. The van der Waals surface area contributed by atoms with Gasteiger partial charge in [0.2, 0.25) is 0 Å². The van der Waals surface area contributed by atoms with Crippen molar-refractivity contribution in [2.45, 2.75) is 18.9 Å². The fraction of sp³-hybridized carbons (Fsp3) is 0.273. The Bertz CT molecular complexity index is 781. The molecule has 0 spiro atoms. The van der Waals surface area contributed by atoms with E-state index in [9.17, 15) is 0 Å². The van der Waals surface area contributed by atoms with Crippen molar-refractivity contribution >= 4 is 0 Å². The Balaban J connectivity index is 1.63. The molecule has 1 heterocycles. The summed E-state index contributed by atoms with van der Waals surface area (Å²) in [7, 11) is 3.39. The van der Waals surface area contributed by atoms with E-state index in [1.165, 1.54) is 5.56 Å². The minimum absolute atomic E-state index is 0.157. The third-order valence-corrected chi connectivity index (χ3v) is 4.50. The quantitative estimate of drug-likeness (QED) is 0.572. The zero-order valence-electron chi connectivity index (χ0n) is 15.3. The molecule has 3 aromatic rings. The van der Waals surface area contributed by atoms with Crippen molar-refractivity contribution in [1.29, 1.82) is 0 Å². The van der Waals surface area contributed by atoms with Crippen LogP contribution in [0.25, 0.3) is 0 Å². The lowest BCUT2D eigenvalue weighted by molar-refractivity contribution is 0.398. The molecule has 0 amide bonds. The first kappa shape index (κ1) is 18.1. The van der Waals surface area contributed by atoms with E-state index in [1.54, 1.807) is 20.5 Å². The lowest BCUT2D eigenvalue weighted by atomic mass is 9.92. The topological polar surface area (TPSA) is 43.6 Å². The summed E-state index contributed by atoms with van der Waals surface area (Å²) in [6, 6.07) is 20.2. The second-order valence-corrected chi connectivity index (χ2v) is 6.12. The van der Waals surface area contributed by atoms with Gasteiger partial charge in [-0.05, 0) is 48.9 Å². The number of rotatable bonds is 9. The van der Waals surface area contributed by atoms with Gasteiger partial charge in [0, 0.05) is 18.0 Å². The molecule has 0 saturated heterocycles. The van der Waals surface area contributed by atoms with E-state index >= 15 is 0 Å². The Morgan fingerprint density at radius 1 is 0.923 bits per heavy atom. The Hall–Kier alpha value is -2.72. The van der Waals surface area contributed by atoms with Gasteiger partial charge in [-0.2, -0.15) is 0 Å². The molecular weight excluding hydrogens is 326 g/mol. The maximum absolute atomic E-state index is 5.69. The SMILES string of the molecule is COc1ccc(CNCC[C@@H](c2ccco2)c2ccccc2OC)cc1. The van der Waals surface area contributed by atoms with Crippen LogP contribution in [0.4, 0.5) is 0 Å². The van der Waals surface area contributed by atoms with E-state index in [0.717, 1.165) is 42.3 Å². The second-order valence-electron chi connectivity index (χ2n) is 6.12. The van der Waals surface area contributed by atoms with Crippen molar-refractivity contribution in [2.75, 3.05) is 20.8 Å². The summed E-state index contributed by atoms with van der Waals surface area (Å²) in [5, 5.41) is 3.52. The molecule has 0 aliphatic rings. The van der Waals surface area contributed by atoms with Gasteiger partial charge in [-0.1, -0.05) is 30.3 Å². The van der Waals surface area contributed by atoms with E-state index in [-0.39, 0.29) is 5.92 Å². The molecule has 1 N–H and O–H groups in total. The molecule has 0 aliphatic carbocycles. The van der Waals surface area contributed by atoms with Crippen LogP contribution >= 0.6 is 0 Å². The molecule has 26 heavy (non-hydrogen) atoms.